The highest BCUT2D eigenvalue weighted by Crippen LogP contribution is 2.72. The molecular weight excluding hydrogens is 1070 g/mol. The SMILES string of the molecule is COCCOCC(=O)C[C@@H](CCC(=O)NCC(=O)N/N=C1\C=C[C@@]2(C)C(=C1)CC[C@H]1[C@@H]3C[C@@H](C)[C@](O)(C(=O)CO)[C@@]3(C)C[C@H](O)[C@@]12F)C(=O)NCC(=O)N/N=C1\C=C[C@@]2(C)C(=C1)CC[C@H]1[C@@H]3C[C@@H](C)[C@](O)(C(=O)CO)[C@@]3(C)C[C@H](O)[C@@]12F. The number of carbonyl (C=O) groups is 7. The number of hydrazone groups is 2. The molecule has 0 bridgehead atoms. The van der Waals surface area contributed by atoms with Crippen molar-refractivity contribution in [2.75, 3.05) is 53.2 Å². The highest BCUT2D eigenvalue weighted by molar-refractivity contribution is 6.07. The van der Waals surface area contributed by atoms with Gasteiger partial charge in [0.2, 0.25) is 11.8 Å². The standard InChI is InChI=1S/C59H82F2N6O15/c1-32-20-42-40-11-9-35-23-37(14-16-52(35,3)56(40,60)44(71)25-54(42,5)58(32,79)46(73)29-68)64-66-49(76)27-62-48(75)13-8-34(22-39(70)31-82-19-18-81-7)51(78)63-28-50(77)67-65-38-15-17-53(4)36(24-38)10-12-41-43-21-33(2)59(80,47(74)30-69)55(43,6)26-45(72)57(41,53)61/h14-17,23-24,32-34,40-45,68-69,71-72,79-80H,8-13,18-22,25-31H2,1-7H3,(H,62,75)(H,63,78)(H,66,76)(H,67,77)/b64-37+,65-38+/t32-,33-,34-,40+,41+,42+,43+,44+,45+,52+,53+,54+,55+,56+,57+,58+,59+/m1/s1. The number of nitrogens with zero attached hydrogens (tertiary/aromatic N) is 2. The highest BCUT2D eigenvalue weighted by atomic mass is 19.1. The van der Waals surface area contributed by atoms with Crippen molar-refractivity contribution in [1.82, 2.24) is 21.5 Å². The van der Waals surface area contributed by atoms with Gasteiger partial charge in [0.1, 0.15) is 31.0 Å². The lowest BCUT2D eigenvalue weighted by Crippen LogP contribution is -2.69. The zero-order chi connectivity index (χ0) is 60.2. The lowest BCUT2D eigenvalue weighted by molar-refractivity contribution is -0.219. The summed E-state index contributed by atoms with van der Waals surface area (Å²) in [6.07, 6.45) is 7.29. The Balaban J connectivity index is 0.833. The molecule has 0 unspecified atom stereocenters. The summed E-state index contributed by atoms with van der Waals surface area (Å²) >= 11 is 0. The van der Waals surface area contributed by atoms with Gasteiger partial charge in [0.05, 0.1) is 49.9 Å². The van der Waals surface area contributed by atoms with Crippen LogP contribution in [0.25, 0.3) is 0 Å². The predicted octanol–water partition coefficient (Wildman–Crippen LogP) is 1.86. The average Bonchev–Trinajstić information content (AvgIpc) is 1.54. The van der Waals surface area contributed by atoms with Gasteiger partial charge in [-0.25, -0.2) is 19.6 Å². The third-order valence-electron chi connectivity index (χ3n) is 21.4. The van der Waals surface area contributed by atoms with Crippen molar-refractivity contribution in [2.24, 2.45) is 73.3 Å². The number of Topliss-reactive ketones (excluding diaryl/α,β-unsaturated/α-hetero) is 3. The first kappa shape index (κ1) is 62.8. The molecule has 10 N–H and O–H groups in total. The van der Waals surface area contributed by atoms with Gasteiger partial charge in [-0.15, -0.1) is 0 Å². The van der Waals surface area contributed by atoms with Gasteiger partial charge < -0.3 is 50.7 Å². The first-order valence-electron chi connectivity index (χ1n) is 28.6. The van der Waals surface area contributed by atoms with Crippen LogP contribution in [-0.4, -0.2) is 171 Å². The van der Waals surface area contributed by atoms with E-state index in [2.05, 4.69) is 31.7 Å². The van der Waals surface area contributed by atoms with E-state index in [1.807, 2.05) is 0 Å². The summed E-state index contributed by atoms with van der Waals surface area (Å²) in [7, 11) is 1.46. The number of hydrogen-bond acceptors (Lipinski definition) is 17. The number of ketones is 3. The zero-order valence-electron chi connectivity index (χ0n) is 47.9. The number of alkyl halides is 2. The second-order valence-corrected chi connectivity index (χ2v) is 25.4. The maximum Gasteiger partial charge on any atom is 0.259 e. The average molecular weight is 1150 g/mol. The van der Waals surface area contributed by atoms with E-state index in [1.165, 1.54) is 19.3 Å². The minimum absolute atomic E-state index is 0.111. The molecule has 0 aromatic carbocycles. The minimum atomic E-state index is -2.18. The van der Waals surface area contributed by atoms with E-state index in [-0.39, 0.29) is 63.3 Å². The zero-order valence-corrected chi connectivity index (χ0v) is 47.9. The third kappa shape index (κ3) is 9.98. The molecule has 0 spiro atoms. The maximum atomic E-state index is 17.9. The summed E-state index contributed by atoms with van der Waals surface area (Å²) in [4.78, 5) is 91.5. The molecule has 8 aliphatic carbocycles. The largest absolute Gasteiger partial charge is 0.390 e. The van der Waals surface area contributed by atoms with Gasteiger partial charge in [0.15, 0.2) is 28.7 Å². The van der Waals surface area contributed by atoms with Crippen molar-refractivity contribution in [1.29, 1.82) is 0 Å². The third-order valence-corrected chi connectivity index (χ3v) is 21.4. The quantitative estimate of drug-likeness (QED) is 0.0580. The predicted molar refractivity (Wildman–Crippen MR) is 292 cm³/mol. The molecule has 82 heavy (non-hydrogen) atoms. The topological polar surface area (TPSA) is 332 Å². The van der Waals surface area contributed by atoms with E-state index in [0.29, 0.717) is 49.7 Å². The fraction of sp³-hybridized carbons (Fsp3) is 0.712. The summed E-state index contributed by atoms with van der Waals surface area (Å²) in [6.45, 7) is 7.37. The molecule has 452 valence electrons. The summed E-state index contributed by atoms with van der Waals surface area (Å²) < 4.78 is 46.0. The van der Waals surface area contributed by atoms with Gasteiger partial charge in [-0.05, 0) is 120 Å². The van der Waals surface area contributed by atoms with Crippen LogP contribution in [0.15, 0.2) is 57.8 Å². The van der Waals surface area contributed by atoms with Crippen molar-refractivity contribution >= 4 is 52.4 Å². The van der Waals surface area contributed by atoms with E-state index in [4.69, 9.17) is 9.47 Å². The van der Waals surface area contributed by atoms with E-state index in [1.54, 1.807) is 65.8 Å². The Hall–Kier alpha value is -5.27. The summed E-state index contributed by atoms with van der Waals surface area (Å²) in [6, 6.07) is 0. The van der Waals surface area contributed by atoms with Crippen LogP contribution in [0.4, 0.5) is 8.78 Å². The van der Waals surface area contributed by atoms with Gasteiger partial charge in [-0.2, -0.15) is 10.2 Å². The van der Waals surface area contributed by atoms with Gasteiger partial charge >= 0.3 is 0 Å². The van der Waals surface area contributed by atoms with Gasteiger partial charge in [0.25, 0.3) is 11.8 Å². The van der Waals surface area contributed by atoms with Crippen LogP contribution in [0, 0.1) is 63.1 Å². The second kappa shape index (κ2) is 23.3. The molecule has 8 rings (SSSR count). The number of aliphatic hydroxyl groups is 6. The summed E-state index contributed by atoms with van der Waals surface area (Å²) in [5, 5.41) is 79.7. The molecule has 0 aromatic heterocycles. The Labute approximate surface area is 475 Å². The molecule has 23 heteroatoms. The van der Waals surface area contributed by atoms with E-state index in [9.17, 15) is 64.2 Å². The number of allylic oxidation sites excluding steroid dienone is 8. The monoisotopic (exact) mass is 1150 g/mol. The Morgan fingerprint density at radius 1 is 0.683 bits per heavy atom. The number of carbonyl (C=O) groups excluding carboxylic acids is 7. The van der Waals surface area contributed by atoms with Crippen LogP contribution < -0.4 is 21.5 Å². The first-order valence-corrected chi connectivity index (χ1v) is 28.6. The van der Waals surface area contributed by atoms with Gasteiger partial charge in [-0.1, -0.05) is 51.0 Å². The van der Waals surface area contributed by atoms with Gasteiger partial charge in [-0.3, -0.25) is 33.6 Å². The molecule has 4 amide bonds. The van der Waals surface area contributed by atoms with Crippen molar-refractivity contribution < 1.29 is 82.5 Å². The van der Waals surface area contributed by atoms with Crippen LogP contribution in [0.3, 0.4) is 0 Å². The summed E-state index contributed by atoms with van der Waals surface area (Å²) in [5.41, 5.74) is -6.58. The fourth-order valence-electron chi connectivity index (χ4n) is 16.9. The van der Waals surface area contributed by atoms with Crippen molar-refractivity contribution in [3.05, 3.63) is 47.6 Å². The highest BCUT2D eigenvalue weighted by Gasteiger charge is 2.77. The number of nitrogens with one attached hydrogen (secondary N) is 4. The van der Waals surface area contributed by atoms with E-state index in [0.717, 1.165) is 0 Å². The van der Waals surface area contributed by atoms with Gasteiger partial charge in [0, 0.05) is 59.4 Å². The number of amides is 4. The molecule has 17 atom stereocenters. The fourth-order valence-corrected chi connectivity index (χ4v) is 16.9. The van der Waals surface area contributed by atoms with Crippen molar-refractivity contribution in [3.63, 3.8) is 0 Å². The summed E-state index contributed by atoms with van der Waals surface area (Å²) in [5.74, 6) is -9.36. The number of halogens is 2. The molecule has 6 saturated carbocycles. The molecule has 0 aliphatic heterocycles. The molecule has 0 aromatic rings. The van der Waals surface area contributed by atoms with Crippen molar-refractivity contribution in [2.45, 2.75) is 147 Å². The maximum absolute atomic E-state index is 17.9. The normalized spacial score (nSPS) is 40.9. The lowest BCUT2D eigenvalue weighted by atomic mass is 9.44. The molecule has 0 radical (unpaired) electrons. The molecule has 0 heterocycles. The Kier molecular flexibility index (Phi) is 17.8. The molecule has 0 saturated heterocycles. The Morgan fingerprint density at radius 3 is 1.57 bits per heavy atom. The van der Waals surface area contributed by atoms with Crippen LogP contribution in [0.5, 0.6) is 0 Å². The van der Waals surface area contributed by atoms with Crippen LogP contribution in [0.1, 0.15) is 112 Å². The van der Waals surface area contributed by atoms with E-state index >= 15 is 8.78 Å². The molecule has 6 fully saturated rings. The van der Waals surface area contributed by atoms with Crippen LogP contribution in [0.2, 0.25) is 0 Å². The molecule has 21 nitrogen and oxygen atoms in total. The van der Waals surface area contributed by atoms with Crippen LogP contribution >= 0.6 is 0 Å². The first-order chi connectivity index (χ1) is 38.5. The molecule has 8 aliphatic rings. The Bertz CT molecular complexity index is 2790. The number of ether oxygens (including phenoxy) is 2. The smallest absolute Gasteiger partial charge is 0.259 e. The van der Waals surface area contributed by atoms with Crippen molar-refractivity contribution in [3.8, 4) is 0 Å². The number of fused-ring (bicyclic) bond motifs is 10. The number of aliphatic hydroxyl groups excluding tert-OH is 4. The Morgan fingerprint density at radius 2 is 1.13 bits per heavy atom. The van der Waals surface area contributed by atoms with E-state index < -0.39 is 165 Å². The number of hydrogen-bond donors (Lipinski definition) is 10. The lowest BCUT2D eigenvalue weighted by Gasteiger charge is -2.62. The molecular formula is C59H82F2N6O15. The minimum Gasteiger partial charge on any atom is -0.390 e. The van der Waals surface area contributed by atoms with Crippen LogP contribution in [-0.2, 0) is 43.0 Å². The number of methoxy groups -OCH3 is 1. The number of rotatable bonds is 21. The second-order valence-electron chi connectivity index (χ2n) is 25.4.